The standard InChI is InChI=1S/C11H11ClN4O2/c1-18-6-9-10(11(17)16-14-9)15-13-8-4-2-7(12)3-5-8/h2-5H,6H2,1H3,(H2,14,16,17). The van der Waals surface area contributed by atoms with Crippen LogP contribution in [0.3, 0.4) is 0 Å². The minimum atomic E-state index is -0.334. The number of aromatic nitrogens is 2. The number of nitrogens with zero attached hydrogens (tertiary/aromatic N) is 2. The fraction of sp³-hybridized carbons (Fsp3) is 0.182. The molecule has 0 bridgehead atoms. The number of ether oxygens (including phenoxy) is 1. The van der Waals surface area contributed by atoms with Gasteiger partial charge in [0.15, 0.2) is 5.69 Å². The third-order valence-electron chi connectivity index (χ3n) is 2.21. The van der Waals surface area contributed by atoms with Crippen LogP contribution in [0.5, 0.6) is 0 Å². The molecule has 0 aliphatic heterocycles. The number of azo groups is 1. The second-order valence-electron chi connectivity index (χ2n) is 3.52. The van der Waals surface area contributed by atoms with Crippen LogP contribution in [0.2, 0.25) is 5.02 Å². The van der Waals surface area contributed by atoms with Crippen LogP contribution in [0, 0.1) is 0 Å². The van der Waals surface area contributed by atoms with Crippen molar-refractivity contribution >= 4 is 23.0 Å². The number of H-pyrrole nitrogens is 2. The first kappa shape index (κ1) is 12.5. The largest absolute Gasteiger partial charge is 0.378 e. The van der Waals surface area contributed by atoms with Crippen molar-refractivity contribution in [2.75, 3.05) is 7.11 Å². The van der Waals surface area contributed by atoms with Gasteiger partial charge in [0.1, 0.15) is 0 Å². The second-order valence-corrected chi connectivity index (χ2v) is 3.95. The summed E-state index contributed by atoms with van der Waals surface area (Å²) in [5.74, 6) is 0. The first-order chi connectivity index (χ1) is 8.70. The quantitative estimate of drug-likeness (QED) is 0.834. The molecule has 1 aromatic carbocycles. The number of hydrogen-bond donors (Lipinski definition) is 2. The third kappa shape index (κ3) is 2.85. The number of rotatable bonds is 4. The minimum Gasteiger partial charge on any atom is -0.378 e. The zero-order valence-corrected chi connectivity index (χ0v) is 10.4. The van der Waals surface area contributed by atoms with Crippen molar-refractivity contribution in [2.45, 2.75) is 6.61 Å². The Balaban J connectivity index is 2.25. The van der Waals surface area contributed by atoms with Gasteiger partial charge in [0.2, 0.25) is 0 Å². The molecule has 0 saturated carbocycles. The Bertz CT molecular complexity index is 600. The van der Waals surface area contributed by atoms with Gasteiger partial charge in [-0.05, 0) is 24.3 Å². The lowest BCUT2D eigenvalue weighted by molar-refractivity contribution is 0.182. The van der Waals surface area contributed by atoms with Crippen LogP contribution in [0.4, 0.5) is 11.4 Å². The monoisotopic (exact) mass is 266 g/mol. The SMILES string of the molecule is COCc1[nH][nH]c(=O)c1N=Nc1ccc(Cl)cc1. The third-order valence-corrected chi connectivity index (χ3v) is 2.46. The Morgan fingerprint density at radius 1 is 1.22 bits per heavy atom. The van der Waals surface area contributed by atoms with E-state index in [9.17, 15) is 4.79 Å². The van der Waals surface area contributed by atoms with Gasteiger partial charge in [0.25, 0.3) is 5.56 Å². The first-order valence-electron chi connectivity index (χ1n) is 5.16. The van der Waals surface area contributed by atoms with Crippen LogP contribution in [-0.4, -0.2) is 17.3 Å². The van der Waals surface area contributed by atoms with Crippen LogP contribution < -0.4 is 5.56 Å². The van der Waals surface area contributed by atoms with Gasteiger partial charge >= 0.3 is 0 Å². The van der Waals surface area contributed by atoms with Crippen LogP contribution in [-0.2, 0) is 11.3 Å². The molecule has 0 fully saturated rings. The molecule has 0 aliphatic rings. The maximum Gasteiger partial charge on any atom is 0.292 e. The van der Waals surface area contributed by atoms with E-state index in [0.29, 0.717) is 16.4 Å². The molecule has 0 aliphatic carbocycles. The molecule has 18 heavy (non-hydrogen) atoms. The summed E-state index contributed by atoms with van der Waals surface area (Å²) >= 11 is 5.75. The molecule has 2 N–H and O–H groups in total. The number of nitrogens with one attached hydrogen (secondary N) is 2. The van der Waals surface area contributed by atoms with Gasteiger partial charge in [-0.25, -0.2) is 0 Å². The summed E-state index contributed by atoms with van der Waals surface area (Å²) in [5.41, 5.74) is 1.05. The van der Waals surface area contributed by atoms with Crippen molar-refractivity contribution in [3.63, 3.8) is 0 Å². The molecule has 2 rings (SSSR count). The van der Waals surface area contributed by atoms with E-state index in [4.69, 9.17) is 16.3 Å². The molecular weight excluding hydrogens is 256 g/mol. The van der Waals surface area contributed by atoms with Gasteiger partial charge < -0.3 is 4.74 Å². The molecule has 0 amide bonds. The molecule has 7 heteroatoms. The fourth-order valence-electron chi connectivity index (χ4n) is 1.36. The van der Waals surface area contributed by atoms with Crippen molar-refractivity contribution in [3.8, 4) is 0 Å². The summed E-state index contributed by atoms with van der Waals surface area (Å²) in [4.78, 5) is 11.5. The summed E-state index contributed by atoms with van der Waals surface area (Å²) in [7, 11) is 1.53. The van der Waals surface area contributed by atoms with Gasteiger partial charge in [0, 0.05) is 12.1 Å². The number of aromatic amines is 2. The molecule has 0 saturated heterocycles. The molecule has 0 unspecified atom stereocenters. The first-order valence-corrected chi connectivity index (χ1v) is 5.54. The summed E-state index contributed by atoms with van der Waals surface area (Å²) < 4.78 is 4.94. The number of benzene rings is 1. The van der Waals surface area contributed by atoms with E-state index in [0.717, 1.165) is 0 Å². The zero-order valence-electron chi connectivity index (χ0n) is 9.61. The highest BCUT2D eigenvalue weighted by atomic mass is 35.5. The van der Waals surface area contributed by atoms with E-state index in [1.165, 1.54) is 7.11 Å². The molecule has 94 valence electrons. The summed E-state index contributed by atoms with van der Waals surface area (Å²) in [6.07, 6.45) is 0. The second kappa shape index (κ2) is 5.61. The molecule has 1 heterocycles. The summed E-state index contributed by atoms with van der Waals surface area (Å²) in [5, 5.41) is 13.6. The Morgan fingerprint density at radius 3 is 2.61 bits per heavy atom. The van der Waals surface area contributed by atoms with Crippen molar-refractivity contribution in [1.29, 1.82) is 0 Å². The summed E-state index contributed by atoms with van der Waals surface area (Å²) in [6, 6.07) is 6.83. The average Bonchev–Trinajstić information content (AvgIpc) is 2.71. The van der Waals surface area contributed by atoms with Gasteiger partial charge in [-0.15, -0.1) is 5.11 Å². The van der Waals surface area contributed by atoms with Gasteiger partial charge in [-0.1, -0.05) is 11.6 Å². The van der Waals surface area contributed by atoms with E-state index in [1.54, 1.807) is 24.3 Å². The normalized spacial score (nSPS) is 11.2. The predicted octanol–water partition coefficient (Wildman–Crippen LogP) is 2.92. The Hall–Kier alpha value is -1.92. The molecular formula is C11H11ClN4O2. The smallest absolute Gasteiger partial charge is 0.292 e. The molecule has 0 spiro atoms. The zero-order chi connectivity index (χ0) is 13.0. The molecule has 1 aromatic heterocycles. The van der Waals surface area contributed by atoms with Gasteiger partial charge in [-0.3, -0.25) is 15.0 Å². The lowest BCUT2D eigenvalue weighted by Crippen LogP contribution is -1.97. The highest BCUT2D eigenvalue weighted by Crippen LogP contribution is 2.20. The number of hydrogen-bond acceptors (Lipinski definition) is 4. The molecule has 2 aromatic rings. The van der Waals surface area contributed by atoms with E-state index in [2.05, 4.69) is 20.4 Å². The van der Waals surface area contributed by atoms with Crippen LogP contribution in [0.25, 0.3) is 0 Å². The van der Waals surface area contributed by atoms with Gasteiger partial charge in [-0.2, -0.15) is 5.11 Å². The van der Waals surface area contributed by atoms with Gasteiger partial charge in [0.05, 0.1) is 18.0 Å². The van der Waals surface area contributed by atoms with E-state index < -0.39 is 0 Å². The Morgan fingerprint density at radius 2 is 1.94 bits per heavy atom. The summed E-state index contributed by atoms with van der Waals surface area (Å²) in [6.45, 7) is 0.258. The van der Waals surface area contributed by atoms with E-state index in [1.807, 2.05) is 0 Å². The van der Waals surface area contributed by atoms with Crippen LogP contribution in [0.15, 0.2) is 39.3 Å². The Kier molecular flexibility index (Phi) is 3.91. The number of methoxy groups -OCH3 is 1. The molecule has 0 atom stereocenters. The maximum atomic E-state index is 11.5. The van der Waals surface area contributed by atoms with Crippen molar-refractivity contribution in [3.05, 3.63) is 45.3 Å². The maximum absolute atomic E-state index is 11.5. The lowest BCUT2D eigenvalue weighted by atomic mass is 10.3. The average molecular weight is 267 g/mol. The van der Waals surface area contributed by atoms with Crippen molar-refractivity contribution in [1.82, 2.24) is 10.2 Å². The highest BCUT2D eigenvalue weighted by molar-refractivity contribution is 6.30. The molecule has 6 nitrogen and oxygen atoms in total. The van der Waals surface area contributed by atoms with Crippen LogP contribution in [0.1, 0.15) is 5.69 Å². The number of halogens is 1. The van der Waals surface area contributed by atoms with Crippen molar-refractivity contribution < 1.29 is 4.74 Å². The van der Waals surface area contributed by atoms with Crippen LogP contribution >= 0.6 is 11.6 Å². The fourth-order valence-corrected chi connectivity index (χ4v) is 1.48. The van der Waals surface area contributed by atoms with E-state index in [-0.39, 0.29) is 17.9 Å². The topological polar surface area (TPSA) is 82.6 Å². The Labute approximate surface area is 108 Å². The minimum absolute atomic E-state index is 0.215. The lowest BCUT2D eigenvalue weighted by Gasteiger charge is -1.95. The predicted molar refractivity (Wildman–Crippen MR) is 67.8 cm³/mol. The van der Waals surface area contributed by atoms with Crippen molar-refractivity contribution in [2.24, 2.45) is 10.2 Å². The molecule has 0 radical (unpaired) electrons. The van der Waals surface area contributed by atoms with E-state index >= 15 is 0 Å². The highest BCUT2D eigenvalue weighted by Gasteiger charge is 2.08.